The number of hydrogen-bond donors (Lipinski definition) is 3. The lowest BCUT2D eigenvalue weighted by molar-refractivity contribution is -0.137. The summed E-state index contributed by atoms with van der Waals surface area (Å²) in [6.07, 6.45) is 4.03. The van der Waals surface area contributed by atoms with Crippen LogP contribution in [-0.2, 0) is 9.53 Å². The molecule has 1 rings (SSSR count). The van der Waals surface area contributed by atoms with Gasteiger partial charge in [-0.2, -0.15) is 0 Å². The maximum atomic E-state index is 10.3. The number of hydrogen-bond acceptors (Lipinski definition) is 5. The Bertz CT molecular complexity index is 399. The number of unbranched alkanes of at least 4 members (excludes halogenated alkanes) is 1. The molecule has 0 fully saturated rings. The minimum Gasteiger partial charge on any atom is -0.463 e. The molecule has 1 aromatic rings. The molecule has 0 aliphatic carbocycles. The molecule has 0 aromatic heterocycles. The van der Waals surface area contributed by atoms with Crippen molar-refractivity contribution < 1.29 is 24.9 Å². The quantitative estimate of drug-likeness (QED) is 0.406. The van der Waals surface area contributed by atoms with Gasteiger partial charge < -0.3 is 20.1 Å². The van der Waals surface area contributed by atoms with E-state index in [1.165, 1.54) is 11.6 Å². The predicted octanol–water partition coefficient (Wildman–Crippen LogP) is 2.18. The molecule has 5 nitrogen and oxygen atoms in total. The van der Waals surface area contributed by atoms with E-state index in [2.05, 4.69) is 17.9 Å². The first-order valence-corrected chi connectivity index (χ1v) is 7.42. The van der Waals surface area contributed by atoms with Crippen LogP contribution in [0.4, 0.5) is 0 Å². The van der Waals surface area contributed by atoms with Crippen LogP contribution in [0, 0.1) is 0 Å². The number of ether oxygens (including phenoxy) is 1. The van der Waals surface area contributed by atoms with Gasteiger partial charge in [-0.15, -0.1) is 0 Å². The summed E-state index contributed by atoms with van der Waals surface area (Å²) in [5, 5.41) is 24.0. The molecule has 0 aliphatic heterocycles. The molecular weight excluding hydrogens is 296 g/mol. The van der Waals surface area contributed by atoms with Gasteiger partial charge in [-0.3, -0.25) is 0 Å². The van der Waals surface area contributed by atoms with Crippen LogP contribution in [0.3, 0.4) is 0 Å². The number of aliphatic hydroxyl groups is 3. The first kappa shape index (κ1) is 23.3. The molecule has 0 spiro atoms. The van der Waals surface area contributed by atoms with Gasteiger partial charge in [0.2, 0.25) is 0 Å². The van der Waals surface area contributed by atoms with E-state index >= 15 is 0 Å². The molecule has 5 heteroatoms. The third-order valence-corrected chi connectivity index (χ3v) is 2.37. The van der Waals surface area contributed by atoms with Crippen LogP contribution < -0.4 is 0 Å². The maximum absolute atomic E-state index is 10.3. The molecule has 1 aromatic carbocycles. The van der Waals surface area contributed by atoms with E-state index in [0.29, 0.717) is 6.61 Å². The highest BCUT2D eigenvalue weighted by molar-refractivity contribution is 5.81. The van der Waals surface area contributed by atoms with Crippen molar-refractivity contribution in [3.8, 4) is 0 Å². The Hall–Kier alpha value is -1.95. The Balaban J connectivity index is 0. The lowest BCUT2D eigenvalue weighted by Gasteiger charge is -1.97. The smallest absolute Gasteiger partial charge is 0.330 e. The van der Waals surface area contributed by atoms with Crippen LogP contribution in [0.5, 0.6) is 0 Å². The van der Waals surface area contributed by atoms with Crippen molar-refractivity contribution in [2.75, 3.05) is 19.8 Å². The third-order valence-electron chi connectivity index (χ3n) is 2.37. The third kappa shape index (κ3) is 18.0. The molecule has 0 unspecified atom stereocenters. The highest BCUT2D eigenvalue weighted by Crippen LogP contribution is 1.97. The van der Waals surface area contributed by atoms with Gasteiger partial charge in [-0.25, -0.2) is 4.79 Å². The highest BCUT2D eigenvalue weighted by Gasteiger charge is 1.93. The SMILES string of the molecule is C=CC(=O)OCCCC.C=Cc1ccccc1.OCC(O)CO. The zero-order valence-corrected chi connectivity index (χ0v) is 13.7. The second-order valence-corrected chi connectivity index (χ2v) is 4.36. The molecule has 3 N–H and O–H groups in total. The van der Waals surface area contributed by atoms with E-state index in [1.807, 2.05) is 43.3 Å². The van der Waals surface area contributed by atoms with Crippen LogP contribution in [0.1, 0.15) is 25.3 Å². The molecule has 0 aliphatic rings. The van der Waals surface area contributed by atoms with Gasteiger partial charge in [0, 0.05) is 6.08 Å². The normalized spacial score (nSPS) is 8.91. The summed E-state index contributed by atoms with van der Waals surface area (Å²) in [6.45, 7) is 8.73. The second-order valence-electron chi connectivity index (χ2n) is 4.36. The van der Waals surface area contributed by atoms with Crippen molar-refractivity contribution in [3.05, 3.63) is 55.1 Å². The fourth-order valence-electron chi connectivity index (χ4n) is 1.02. The summed E-state index contributed by atoms with van der Waals surface area (Å²) in [6, 6.07) is 10.0. The summed E-state index contributed by atoms with van der Waals surface area (Å²) < 4.78 is 4.67. The largest absolute Gasteiger partial charge is 0.463 e. The van der Waals surface area contributed by atoms with E-state index in [9.17, 15) is 4.79 Å². The van der Waals surface area contributed by atoms with E-state index < -0.39 is 6.10 Å². The summed E-state index contributed by atoms with van der Waals surface area (Å²) in [4.78, 5) is 10.3. The van der Waals surface area contributed by atoms with Gasteiger partial charge in [0.05, 0.1) is 19.8 Å². The fourth-order valence-corrected chi connectivity index (χ4v) is 1.02. The number of esters is 1. The van der Waals surface area contributed by atoms with Crippen molar-refractivity contribution in [2.45, 2.75) is 25.9 Å². The standard InChI is InChI=1S/C8H8.C7H12O2.C3H8O3/c1-2-8-6-4-3-5-7-8;1-3-5-6-9-7(8)4-2;4-1-3(6)2-5/h2-7H,1H2;4H,2-3,5-6H2,1H3;3-6H,1-2H2. The second kappa shape index (κ2) is 18.1. The molecule has 0 saturated heterocycles. The van der Waals surface area contributed by atoms with Crippen molar-refractivity contribution in [1.82, 2.24) is 0 Å². The van der Waals surface area contributed by atoms with Crippen LogP contribution in [0.2, 0.25) is 0 Å². The van der Waals surface area contributed by atoms with Crippen molar-refractivity contribution in [3.63, 3.8) is 0 Å². The summed E-state index contributed by atoms with van der Waals surface area (Å²) in [7, 11) is 0. The van der Waals surface area contributed by atoms with Gasteiger partial charge in [0.15, 0.2) is 0 Å². The van der Waals surface area contributed by atoms with Crippen LogP contribution >= 0.6 is 0 Å². The predicted molar refractivity (Wildman–Crippen MR) is 92.8 cm³/mol. The topological polar surface area (TPSA) is 87.0 Å². The molecule has 0 amide bonds. The molecule has 23 heavy (non-hydrogen) atoms. The number of benzene rings is 1. The monoisotopic (exact) mass is 324 g/mol. The van der Waals surface area contributed by atoms with E-state index in [0.717, 1.165) is 12.8 Å². The first-order chi connectivity index (χ1) is 11.0. The maximum Gasteiger partial charge on any atom is 0.330 e. The summed E-state index contributed by atoms with van der Waals surface area (Å²) in [5.74, 6) is -0.330. The molecule has 0 bridgehead atoms. The fraction of sp³-hybridized carbons (Fsp3) is 0.389. The molecule has 130 valence electrons. The Morgan fingerprint density at radius 2 is 1.78 bits per heavy atom. The highest BCUT2D eigenvalue weighted by atomic mass is 16.5. The lowest BCUT2D eigenvalue weighted by Crippen LogP contribution is -2.15. The molecular formula is C18H28O5. The van der Waals surface area contributed by atoms with Gasteiger partial charge in [-0.1, -0.05) is 62.9 Å². The van der Waals surface area contributed by atoms with Gasteiger partial charge >= 0.3 is 5.97 Å². The zero-order valence-electron chi connectivity index (χ0n) is 13.7. The number of carbonyl (C=O) groups excluding carboxylic acids is 1. The Kier molecular flexibility index (Phi) is 18.4. The number of rotatable bonds is 7. The summed E-state index contributed by atoms with van der Waals surface area (Å²) in [5.41, 5.74) is 1.17. The van der Waals surface area contributed by atoms with Crippen LogP contribution in [0.15, 0.2) is 49.6 Å². The first-order valence-electron chi connectivity index (χ1n) is 7.42. The van der Waals surface area contributed by atoms with Gasteiger partial charge in [-0.05, 0) is 12.0 Å². The minimum atomic E-state index is -0.954. The van der Waals surface area contributed by atoms with E-state index in [-0.39, 0.29) is 19.2 Å². The van der Waals surface area contributed by atoms with Crippen LogP contribution in [0.25, 0.3) is 6.08 Å². The van der Waals surface area contributed by atoms with E-state index in [1.54, 1.807) is 0 Å². The van der Waals surface area contributed by atoms with Crippen molar-refractivity contribution in [1.29, 1.82) is 0 Å². The number of carbonyl (C=O) groups is 1. The van der Waals surface area contributed by atoms with Crippen molar-refractivity contribution in [2.24, 2.45) is 0 Å². The minimum absolute atomic E-state index is 0.330. The zero-order chi connectivity index (χ0) is 17.9. The van der Waals surface area contributed by atoms with Gasteiger partial charge in [0.25, 0.3) is 0 Å². The molecule has 0 saturated carbocycles. The summed E-state index contributed by atoms with van der Waals surface area (Å²) >= 11 is 0. The number of aliphatic hydroxyl groups excluding tert-OH is 3. The lowest BCUT2D eigenvalue weighted by atomic mass is 10.2. The average Bonchev–Trinajstić information content (AvgIpc) is 2.62. The van der Waals surface area contributed by atoms with Crippen LogP contribution in [-0.4, -0.2) is 47.2 Å². The Morgan fingerprint density at radius 3 is 2.09 bits per heavy atom. The average molecular weight is 324 g/mol. The Morgan fingerprint density at radius 1 is 1.22 bits per heavy atom. The molecule has 0 heterocycles. The molecule has 0 atom stereocenters. The van der Waals surface area contributed by atoms with E-state index in [4.69, 9.17) is 15.3 Å². The Labute approximate surface area is 138 Å². The van der Waals surface area contributed by atoms with Crippen molar-refractivity contribution >= 4 is 12.0 Å². The van der Waals surface area contributed by atoms with Gasteiger partial charge in [0.1, 0.15) is 6.10 Å². The molecule has 0 radical (unpaired) electrons.